The Balaban J connectivity index is 1.56. The number of rotatable bonds is 4. The molecule has 21 heavy (non-hydrogen) atoms. The molecule has 2 fully saturated rings. The van der Waals surface area contributed by atoms with Crippen LogP contribution in [0, 0.1) is 5.92 Å². The summed E-state index contributed by atoms with van der Waals surface area (Å²) in [6, 6.07) is 8.23. The maximum absolute atomic E-state index is 11.0. The van der Waals surface area contributed by atoms with Gasteiger partial charge in [0.1, 0.15) is 0 Å². The first-order valence-corrected chi connectivity index (χ1v) is 9.02. The maximum Gasteiger partial charge on any atom is 0.335 e. The monoisotopic (exact) mass is 305 g/mol. The highest BCUT2D eigenvalue weighted by molar-refractivity contribution is 7.99. The molecule has 0 amide bonds. The average Bonchev–Trinajstić information content (AvgIpc) is 2.97. The number of carboxylic acid groups (broad SMARTS) is 1. The molecule has 4 heteroatoms. The number of hydrogen-bond donors (Lipinski definition) is 1. The zero-order valence-corrected chi connectivity index (χ0v) is 13.1. The molecule has 114 valence electrons. The van der Waals surface area contributed by atoms with Crippen molar-refractivity contribution in [3.8, 4) is 0 Å². The second kappa shape index (κ2) is 6.84. The Morgan fingerprint density at radius 3 is 2.86 bits per heavy atom. The van der Waals surface area contributed by atoms with Crippen LogP contribution in [0.25, 0.3) is 0 Å². The summed E-state index contributed by atoms with van der Waals surface area (Å²) in [6.07, 6.45) is 4.94. The van der Waals surface area contributed by atoms with Gasteiger partial charge in [-0.15, -0.1) is 0 Å². The molecule has 3 nitrogen and oxygen atoms in total. The van der Waals surface area contributed by atoms with Crippen molar-refractivity contribution in [1.29, 1.82) is 0 Å². The van der Waals surface area contributed by atoms with Crippen LogP contribution in [-0.2, 0) is 6.42 Å². The third-order valence-corrected chi connectivity index (χ3v) is 5.77. The zero-order valence-electron chi connectivity index (χ0n) is 12.3. The van der Waals surface area contributed by atoms with Crippen LogP contribution in [-0.4, -0.2) is 46.6 Å². The minimum atomic E-state index is -0.829. The van der Waals surface area contributed by atoms with E-state index in [0.717, 1.165) is 12.5 Å². The van der Waals surface area contributed by atoms with Gasteiger partial charge in [-0.25, -0.2) is 4.79 Å². The number of thioether (sulfide) groups is 1. The molecule has 0 radical (unpaired) electrons. The minimum Gasteiger partial charge on any atom is -0.478 e. The van der Waals surface area contributed by atoms with Crippen LogP contribution in [0.15, 0.2) is 24.3 Å². The largest absolute Gasteiger partial charge is 0.478 e. The first-order chi connectivity index (χ1) is 10.2. The van der Waals surface area contributed by atoms with Crippen molar-refractivity contribution >= 4 is 17.7 Å². The first-order valence-electron chi connectivity index (χ1n) is 7.86. The Morgan fingerprint density at radius 2 is 2.10 bits per heavy atom. The standard InChI is InChI=1S/C17H23NO2S/c19-17(20)15-3-1-2-13(11-15)10-14-4-7-18(12-14)16-5-8-21-9-6-16/h1-3,11,14,16H,4-10,12H2,(H,19,20). The van der Waals surface area contributed by atoms with Crippen molar-refractivity contribution < 1.29 is 9.90 Å². The van der Waals surface area contributed by atoms with E-state index in [0.29, 0.717) is 11.5 Å². The molecule has 0 saturated carbocycles. The van der Waals surface area contributed by atoms with Crippen molar-refractivity contribution in [2.24, 2.45) is 5.92 Å². The van der Waals surface area contributed by atoms with Gasteiger partial charge >= 0.3 is 5.97 Å². The lowest BCUT2D eigenvalue weighted by atomic mass is 9.97. The highest BCUT2D eigenvalue weighted by Gasteiger charge is 2.29. The van der Waals surface area contributed by atoms with E-state index < -0.39 is 5.97 Å². The topological polar surface area (TPSA) is 40.5 Å². The molecule has 1 N–H and O–H groups in total. The van der Waals surface area contributed by atoms with Gasteiger partial charge in [-0.05, 0) is 67.3 Å². The van der Waals surface area contributed by atoms with Crippen LogP contribution in [0.1, 0.15) is 35.2 Å². The van der Waals surface area contributed by atoms with Gasteiger partial charge < -0.3 is 10.0 Å². The fourth-order valence-corrected chi connectivity index (χ4v) is 4.66. The Labute approximate surface area is 130 Å². The number of carbonyl (C=O) groups is 1. The molecule has 0 aliphatic carbocycles. The molecule has 3 rings (SSSR count). The van der Waals surface area contributed by atoms with Crippen molar-refractivity contribution in [3.63, 3.8) is 0 Å². The van der Waals surface area contributed by atoms with Gasteiger partial charge in [0.15, 0.2) is 0 Å². The van der Waals surface area contributed by atoms with Crippen LogP contribution in [0.2, 0.25) is 0 Å². The molecular formula is C17H23NO2S. The van der Waals surface area contributed by atoms with Crippen LogP contribution in [0.5, 0.6) is 0 Å². The van der Waals surface area contributed by atoms with Crippen LogP contribution in [0.3, 0.4) is 0 Å². The van der Waals surface area contributed by atoms with Gasteiger partial charge in [0.2, 0.25) is 0 Å². The van der Waals surface area contributed by atoms with Gasteiger partial charge in [0, 0.05) is 12.6 Å². The number of likely N-dealkylation sites (tertiary alicyclic amines) is 1. The van der Waals surface area contributed by atoms with Crippen LogP contribution < -0.4 is 0 Å². The summed E-state index contributed by atoms with van der Waals surface area (Å²) in [5, 5.41) is 9.07. The fraction of sp³-hybridized carbons (Fsp3) is 0.588. The molecule has 0 spiro atoms. The lowest BCUT2D eigenvalue weighted by molar-refractivity contribution is 0.0696. The Bertz CT molecular complexity index is 499. The summed E-state index contributed by atoms with van der Waals surface area (Å²) in [7, 11) is 0. The van der Waals surface area contributed by atoms with Gasteiger partial charge in [0.05, 0.1) is 5.56 Å². The SMILES string of the molecule is O=C(O)c1cccc(CC2CCN(C3CCSCC3)C2)c1. The smallest absolute Gasteiger partial charge is 0.335 e. The third kappa shape index (κ3) is 3.80. The van der Waals surface area contributed by atoms with Crippen LogP contribution in [0.4, 0.5) is 0 Å². The van der Waals surface area contributed by atoms with Gasteiger partial charge in [-0.3, -0.25) is 0 Å². The van der Waals surface area contributed by atoms with Crippen molar-refractivity contribution in [2.75, 3.05) is 24.6 Å². The molecule has 1 aromatic carbocycles. The summed E-state index contributed by atoms with van der Waals surface area (Å²) < 4.78 is 0. The highest BCUT2D eigenvalue weighted by Crippen LogP contribution is 2.28. The van der Waals surface area contributed by atoms with Crippen LogP contribution >= 0.6 is 11.8 Å². The predicted molar refractivity (Wildman–Crippen MR) is 87.1 cm³/mol. The number of benzene rings is 1. The molecule has 1 atom stereocenters. The molecular weight excluding hydrogens is 282 g/mol. The van der Waals surface area contributed by atoms with Crippen molar-refractivity contribution in [1.82, 2.24) is 4.90 Å². The van der Waals surface area contributed by atoms with Crippen molar-refractivity contribution in [2.45, 2.75) is 31.7 Å². The second-order valence-corrected chi connectivity index (χ2v) is 7.43. The zero-order chi connectivity index (χ0) is 14.7. The lowest BCUT2D eigenvalue weighted by Crippen LogP contribution is -2.36. The van der Waals surface area contributed by atoms with E-state index >= 15 is 0 Å². The quantitative estimate of drug-likeness (QED) is 0.928. The van der Waals surface area contributed by atoms with Gasteiger partial charge in [-0.1, -0.05) is 12.1 Å². The van der Waals surface area contributed by atoms with E-state index in [1.165, 1.54) is 49.4 Å². The number of carboxylic acids is 1. The molecule has 1 unspecified atom stereocenters. The molecule has 2 saturated heterocycles. The molecule has 2 aliphatic rings. The summed E-state index contributed by atoms with van der Waals surface area (Å²) in [5.74, 6) is 2.48. The highest BCUT2D eigenvalue weighted by atomic mass is 32.2. The molecule has 2 heterocycles. The summed E-state index contributed by atoms with van der Waals surface area (Å²) in [4.78, 5) is 13.7. The van der Waals surface area contributed by atoms with E-state index in [-0.39, 0.29) is 0 Å². The summed E-state index contributed by atoms with van der Waals surface area (Å²) >= 11 is 2.08. The number of nitrogens with zero attached hydrogens (tertiary/aromatic N) is 1. The van der Waals surface area contributed by atoms with E-state index in [1.807, 2.05) is 12.1 Å². The first kappa shape index (κ1) is 14.9. The fourth-order valence-electron chi connectivity index (χ4n) is 3.58. The maximum atomic E-state index is 11.0. The minimum absolute atomic E-state index is 0.409. The second-order valence-electron chi connectivity index (χ2n) is 6.20. The Hall–Kier alpha value is -1.00. The van der Waals surface area contributed by atoms with E-state index in [4.69, 9.17) is 5.11 Å². The number of hydrogen-bond acceptors (Lipinski definition) is 3. The van der Waals surface area contributed by atoms with Gasteiger partial charge in [0.25, 0.3) is 0 Å². The molecule has 2 aliphatic heterocycles. The normalized spacial score (nSPS) is 24.3. The third-order valence-electron chi connectivity index (χ3n) is 4.72. The summed E-state index contributed by atoms with van der Waals surface area (Å²) in [6.45, 7) is 2.41. The summed E-state index contributed by atoms with van der Waals surface area (Å²) in [5.41, 5.74) is 1.58. The predicted octanol–water partition coefficient (Wildman–Crippen LogP) is 3.14. The van der Waals surface area contributed by atoms with E-state index in [2.05, 4.69) is 22.7 Å². The van der Waals surface area contributed by atoms with Crippen molar-refractivity contribution in [3.05, 3.63) is 35.4 Å². The van der Waals surface area contributed by atoms with Gasteiger partial charge in [-0.2, -0.15) is 11.8 Å². The Kier molecular flexibility index (Phi) is 4.86. The lowest BCUT2D eigenvalue weighted by Gasteiger charge is -2.30. The average molecular weight is 305 g/mol. The van der Waals surface area contributed by atoms with E-state index in [9.17, 15) is 4.79 Å². The molecule has 0 aromatic heterocycles. The molecule has 0 bridgehead atoms. The van der Waals surface area contributed by atoms with E-state index in [1.54, 1.807) is 6.07 Å². The Morgan fingerprint density at radius 1 is 1.29 bits per heavy atom. The number of aromatic carboxylic acids is 1. The molecule has 1 aromatic rings.